The zero-order valence-electron chi connectivity index (χ0n) is 23.5. The minimum Gasteiger partial charge on any atom is -0.394 e. The first-order chi connectivity index (χ1) is 21.2. The Bertz CT molecular complexity index is 916. The molecule has 0 aromatic carbocycles. The van der Waals surface area contributed by atoms with E-state index in [2.05, 4.69) is 0 Å². The molecule has 0 radical (unpaired) electrons. The smallest absolute Gasteiger partial charge is 0.187 e. The lowest BCUT2D eigenvalue weighted by atomic mass is 9.96. The second-order valence-corrected chi connectivity index (χ2v) is 11.2. The van der Waals surface area contributed by atoms with Crippen molar-refractivity contribution in [2.45, 2.75) is 123 Å². The van der Waals surface area contributed by atoms with Crippen LogP contribution in [0.25, 0.3) is 0 Å². The van der Waals surface area contributed by atoms with Crippen molar-refractivity contribution in [1.82, 2.24) is 0 Å². The SMILES string of the molecule is OC[C@H]1O[C@@H](OC[C@H]2O[C@@H](OC[C@H]3O[C@@H](O)[C@H](O)[C@@H](O)[C@H]3O)[C@H](O)[C@@H](O)[C@H]2O)[C@H](O)[C@@H](O[C@H]2O[C@H](CO)[C@@H](O)[C@H](O)[C@@H]2O)[C@H]1O. The van der Waals surface area contributed by atoms with Gasteiger partial charge in [0.05, 0.1) is 26.4 Å². The molecule has 264 valence electrons. The van der Waals surface area contributed by atoms with Crippen molar-refractivity contribution in [3.05, 3.63) is 0 Å². The van der Waals surface area contributed by atoms with E-state index in [0.29, 0.717) is 0 Å². The summed E-state index contributed by atoms with van der Waals surface area (Å²) in [5.74, 6) is 0. The lowest BCUT2D eigenvalue weighted by Crippen LogP contribution is -2.65. The summed E-state index contributed by atoms with van der Waals surface area (Å²) in [5, 5.41) is 141. The van der Waals surface area contributed by atoms with Gasteiger partial charge in [-0.3, -0.25) is 0 Å². The molecule has 0 aromatic rings. The van der Waals surface area contributed by atoms with Crippen molar-refractivity contribution in [1.29, 1.82) is 0 Å². The molecule has 4 heterocycles. The lowest BCUT2D eigenvalue weighted by Gasteiger charge is -2.46. The van der Waals surface area contributed by atoms with Crippen LogP contribution in [0.1, 0.15) is 0 Å². The number of hydrogen-bond acceptors (Lipinski definition) is 21. The van der Waals surface area contributed by atoms with E-state index < -0.39 is 149 Å². The Labute approximate surface area is 254 Å². The van der Waals surface area contributed by atoms with E-state index in [1.54, 1.807) is 0 Å². The Morgan fingerprint density at radius 2 is 0.778 bits per heavy atom. The maximum atomic E-state index is 10.9. The van der Waals surface area contributed by atoms with Crippen LogP contribution >= 0.6 is 0 Å². The van der Waals surface area contributed by atoms with Crippen LogP contribution in [-0.2, 0) is 33.2 Å². The molecule has 21 nitrogen and oxygen atoms in total. The molecule has 4 aliphatic heterocycles. The maximum Gasteiger partial charge on any atom is 0.187 e. The van der Waals surface area contributed by atoms with Crippen LogP contribution in [0.5, 0.6) is 0 Å². The van der Waals surface area contributed by atoms with Gasteiger partial charge in [0.1, 0.15) is 97.7 Å². The zero-order chi connectivity index (χ0) is 33.3. The highest BCUT2D eigenvalue weighted by molar-refractivity contribution is 4.95. The average molecular weight is 667 g/mol. The Hall–Kier alpha value is -0.840. The van der Waals surface area contributed by atoms with Crippen LogP contribution in [0.15, 0.2) is 0 Å². The van der Waals surface area contributed by atoms with E-state index in [1.807, 2.05) is 0 Å². The number of rotatable bonds is 10. The third-order valence-corrected chi connectivity index (χ3v) is 8.17. The fourth-order valence-electron chi connectivity index (χ4n) is 5.33. The van der Waals surface area contributed by atoms with Gasteiger partial charge in [-0.1, -0.05) is 0 Å². The van der Waals surface area contributed by atoms with Gasteiger partial charge in [-0.15, -0.1) is 0 Å². The summed E-state index contributed by atoms with van der Waals surface area (Å²) >= 11 is 0. The van der Waals surface area contributed by atoms with E-state index in [0.717, 1.165) is 0 Å². The number of aliphatic hydroxyl groups excluding tert-OH is 14. The standard InChI is InChI=1S/C24H42O21/c25-1-5-9(27)14(32)18(36)24(43-5)45-20-12(30)6(2-26)42-23(19(20)37)40-4-8-11(29)15(33)17(35)22(44-8)39-3-7-10(28)13(31)16(34)21(38)41-7/h5-38H,1-4H2/t5-,6-,7-,8-,9-,10+,11+,12+,13+,14+,15+,16-,17-,18+,19-,20+,21-,22-,23-,24-/m1/s1. The minimum absolute atomic E-state index is 0.641. The van der Waals surface area contributed by atoms with E-state index >= 15 is 0 Å². The van der Waals surface area contributed by atoms with Gasteiger partial charge in [0.25, 0.3) is 0 Å². The highest BCUT2D eigenvalue weighted by Gasteiger charge is 2.52. The molecule has 0 aliphatic carbocycles. The predicted octanol–water partition coefficient (Wildman–Crippen LogP) is -9.75. The molecule has 0 saturated carbocycles. The topological polar surface area (TPSA) is 348 Å². The lowest BCUT2D eigenvalue weighted by molar-refractivity contribution is -0.366. The molecule has 4 rings (SSSR count). The zero-order valence-corrected chi connectivity index (χ0v) is 23.5. The summed E-state index contributed by atoms with van der Waals surface area (Å²) in [5.41, 5.74) is 0. The minimum atomic E-state index is -1.91. The molecular weight excluding hydrogens is 624 g/mol. The third kappa shape index (κ3) is 7.75. The van der Waals surface area contributed by atoms with E-state index in [1.165, 1.54) is 0 Å². The summed E-state index contributed by atoms with van der Waals surface area (Å²) in [4.78, 5) is 0. The van der Waals surface area contributed by atoms with Crippen molar-refractivity contribution < 1.29 is 105 Å². The summed E-state index contributed by atoms with van der Waals surface area (Å²) in [6, 6.07) is 0. The van der Waals surface area contributed by atoms with Crippen molar-refractivity contribution in [2.24, 2.45) is 0 Å². The Morgan fingerprint density at radius 1 is 0.378 bits per heavy atom. The first-order valence-electron chi connectivity index (χ1n) is 14.1. The van der Waals surface area contributed by atoms with Gasteiger partial charge in [0, 0.05) is 0 Å². The first kappa shape index (κ1) is 37.0. The molecule has 4 saturated heterocycles. The number of hydrogen-bond donors (Lipinski definition) is 14. The van der Waals surface area contributed by atoms with Gasteiger partial charge in [0.15, 0.2) is 25.2 Å². The van der Waals surface area contributed by atoms with Crippen LogP contribution < -0.4 is 0 Å². The summed E-state index contributed by atoms with van der Waals surface area (Å²) < 4.78 is 37.4. The molecule has 0 unspecified atom stereocenters. The molecule has 0 spiro atoms. The Kier molecular flexibility index (Phi) is 12.8. The van der Waals surface area contributed by atoms with Crippen molar-refractivity contribution in [2.75, 3.05) is 26.4 Å². The second kappa shape index (κ2) is 15.6. The molecule has 0 aromatic heterocycles. The molecule has 20 atom stereocenters. The predicted molar refractivity (Wildman–Crippen MR) is 134 cm³/mol. The highest BCUT2D eigenvalue weighted by atomic mass is 16.8. The quantitative estimate of drug-likeness (QED) is 0.103. The van der Waals surface area contributed by atoms with Gasteiger partial charge in [-0.2, -0.15) is 0 Å². The summed E-state index contributed by atoms with van der Waals surface area (Å²) in [6.45, 7) is -2.95. The summed E-state index contributed by atoms with van der Waals surface area (Å²) in [6.07, 6.45) is -34.6. The number of aliphatic hydroxyl groups is 14. The van der Waals surface area contributed by atoms with Crippen LogP contribution in [-0.4, -0.2) is 221 Å². The van der Waals surface area contributed by atoms with Crippen LogP contribution in [0.3, 0.4) is 0 Å². The van der Waals surface area contributed by atoms with Crippen LogP contribution in [0, 0.1) is 0 Å². The van der Waals surface area contributed by atoms with Crippen molar-refractivity contribution in [3.63, 3.8) is 0 Å². The molecule has 21 heteroatoms. The third-order valence-electron chi connectivity index (χ3n) is 8.17. The molecule has 14 N–H and O–H groups in total. The van der Waals surface area contributed by atoms with Crippen LogP contribution in [0.2, 0.25) is 0 Å². The van der Waals surface area contributed by atoms with Crippen LogP contribution in [0.4, 0.5) is 0 Å². The average Bonchev–Trinajstić information content (AvgIpc) is 3.02. The molecule has 0 bridgehead atoms. The van der Waals surface area contributed by atoms with Gasteiger partial charge in [-0.25, -0.2) is 0 Å². The van der Waals surface area contributed by atoms with E-state index in [-0.39, 0.29) is 0 Å². The van der Waals surface area contributed by atoms with Gasteiger partial charge in [-0.05, 0) is 0 Å². The fraction of sp³-hybridized carbons (Fsp3) is 1.00. The monoisotopic (exact) mass is 666 g/mol. The van der Waals surface area contributed by atoms with Gasteiger partial charge < -0.3 is 105 Å². The molecule has 4 aliphatic rings. The normalized spacial score (nSPS) is 52.9. The van der Waals surface area contributed by atoms with Crippen molar-refractivity contribution >= 4 is 0 Å². The highest BCUT2D eigenvalue weighted by Crippen LogP contribution is 2.31. The fourth-order valence-corrected chi connectivity index (χ4v) is 5.33. The first-order valence-corrected chi connectivity index (χ1v) is 14.1. The van der Waals surface area contributed by atoms with E-state index in [4.69, 9.17) is 33.2 Å². The summed E-state index contributed by atoms with van der Waals surface area (Å²) in [7, 11) is 0. The Balaban J connectivity index is 1.39. The van der Waals surface area contributed by atoms with Gasteiger partial charge in [0.2, 0.25) is 0 Å². The largest absolute Gasteiger partial charge is 0.394 e. The molecule has 4 fully saturated rings. The van der Waals surface area contributed by atoms with Crippen molar-refractivity contribution in [3.8, 4) is 0 Å². The molecular formula is C24H42O21. The Morgan fingerprint density at radius 3 is 1.33 bits per heavy atom. The molecule has 45 heavy (non-hydrogen) atoms. The maximum absolute atomic E-state index is 10.9. The second-order valence-electron chi connectivity index (χ2n) is 11.2. The number of ether oxygens (including phenoxy) is 7. The van der Waals surface area contributed by atoms with Gasteiger partial charge >= 0.3 is 0 Å². The molecule has 0 amide bonds. The van der Waals surface area contributed by atoms with E-state index in [9.17, 15) is 71.5 Å².